The molecular formula is C10H19N3S. The summed E-state index contributed by atoms with van der Waals surface area (Å²) in [6.45, 7) is 4.45. The average molecular weight is 213 g/mol. The third kappa shape index (κ3) is 3.35. The van der Waals surface area contributed by atoms with Gasteiger partial charge in [-0.1, -0.05) is 13.8 Å². The second kappa shape index (κ2) is 5.41. The van der Waals surface area contributed by atoms with E-state index in [1.807, 2.05) is 29.6 Å². The van der Waals surface area contributed by atoms with E-state index in [1.165, 1.54) is 5.75 Å². The monoisotopic (exact) mass is 213 g/mol. The lowest BCUT2D eigenvalue weighted by molar-refractivity contribution is 0.658. The third-order valence-corrected chi connectivity index (χ3v) is 3.48. The summed E-state index contributed by atoms with van der Waals surface area (Å²) in [5.41, 5.74) is 7.16. The maximum absolute atomic E-state index is 6.04. The van der Waals surface area contributed by atoms with Gasteiger partial charge in [0.25, 0.3) is 0 Å². The number of aromatic nitrogens is 2. The van der Waals surface area contributed by atoms with Crippen LogP contribution in [0.4, 0.5) is 0 Å². The summed E-state index contributed by atoms with van der Waals surface area (Å²) in [7, 11) is 1.93. The summed E-state index contributed by atoms with van der Waals surface area (Å²) < 4.78 is 1.85. The van der Waals surface area contributed by atoms with Gasteiger partial charge in [0.1, 0.15) is 0 Å². The molecule has 1 aromatic heterocycles. The first kappa shape index (κ1) is 11.6. The summed E-state index contributed by atoms with van der Waals surface area (Å²) in [6, 6.07) is 2.09. The summed E-state index contributed by atoms with van der Waals surface area (Å²) in [5.74, 6) is 2.88. The van der Waals surface area contributed by atoms with Crippen LogP contribution in [0.3, 0.4) is 0 Å². The van der Waals surface area contributed by atoms with Crippen molar-refractivity contribution in [1.82, 2.24) is 9.78 Å². The molecule has 14 heavy (non-hydrogen) atoms. The van der Waals surface area contributed by atoms with Crippen molar-refractivity contribution in [3.63, 3.8) is 0 Å². The molecule has 80 valence electrons. The Morgan fingerprint density at radius 1 is 1.50 bits per heavy atom. The van der Waals surface area contributed by atoms with Gasteiger partial charge >= 0.3 is 0 Å². The molecule has 1 unspecified atom stereocenters. The quantitative estimate of drug-likeness (QED) is 0.811. The zero-order valence-corrected chi connectivity index (χ0v) is 9.92. The molecule has 2 N–H and O–H groups in total. The van der Waals surface area contributed by atoms with Crippen LogP contribution in [-0.2, 0) is 7.05 Å². The zero-order valence-electron chi connectivity index (χ0n) is 9.10. The predicted octanol–water partition coefficient (Wildman–Crippen LogP) is 1.81. The molecule has 1 aromatic rings. The topological polar surface area (TPSA) is 43.8 Å². The first-order valence-corrected chi connectivity index (χ1v) is 6.08. The maximum atomic E-state index is 6.04. The summed E-state index contributed by atoms with van der Waals surface area (Å²) >= 11 is 1.91. The van der Waals surface area contributed by atoms with E-state index in [4.69, 9.17) is 5.73 Å². The molecule has 0 aliphatic heterocycles. The van der Waals surface area contributed by atoms with Crippen molar-refractivity contribution in [2.24, 2.45) is 18.7 Å². The molecule has 0 spiro atoms. The molecule has 0 bridgehead atoms. The van der Waals surface area contributed by atoms with Gasteiger partial charge < -0.3 is 5.73 Å². The van der Waals surface area contributed by atoms with Gasteiger partial charge in [-0.05, 0) is 17.7 Å². The zero-order chi connectivity index (χ0) is 10.6. The van der Waals surface area contributed by atoms with Gasteiger partial charge in [0.05, 0.1) is 11.7 Å². The standard InChI is InChI=1S/C10H19N3S/c1-8(2)6-14-7-9(11)10-4-5-12-13(10)3/h4-5,8-9H,6-7,11H2,1-3H3. The Balaban J connectivity index is 2.36. The lowest BCUT2D eigenvalue weighted by Crippen LogP contribution is -2.17. The van der Waals surface area contributed by atoms with E-state index in [0.29, 0.717) is 0 Å². The van der Waals surface area contributed by atoms with Crippen molar-refractivity contribution in [2.75, 3.05) is 11.5 Å². The molecule has 0 radical (unpaired) electrons. The van der Waals surface area contributed by atoms with Gasteiger partial charge in [0.15, 0.2) is 0 Å². The maximum Gasteiger partial charge on any atom is 0.0558 e. The normalized spacial score (nSPS) is 13.5. The van der Waals surface area contributed by atoms with E-state index >= 15 is 0 Å². The highest BCUT2D eigenvalue weighted by Gasteiger charge is 2.09. The predicted molar refractivity (Wildman–Crippen MR) is 62.3 cm³/mol. The Kier molecular flexibility index (Phi) is 4.48. The smallest absolute Gasteiger partial charge is 0.0558 e. The summed E-state index contributed by atoms with van der Waals surface area (Å²) in [4.78, 5) is 0. The Hall–Kier alpha value is -0.480. The van der Waals surface area contributed by atoms with Gasteiger partial charge in [0, 0.05) is 19.0 Å². The molecule has 0 saturated carbocycles. The van der Waals surface area contributed by atoms with Crippen molar-refractivity contribution in [2.45, 2.75) is 19.9 Å². The number of thioether (sulfide) groups is 1. The van der Waals surface area contributed by atoms with Crippen molar-refractivity contribution >= 4 is 11.8 Å². The molecule has 0 aromatic carbocycles. The van der Waals surface area contributed by atoms with Gasteiger partial charge in [-0.15, -0.1) is 0 Å². The molecule has 1 atom stereocenters. The van der Waals surface area contributed by atoms with Crippen molar-refractivity contribution in [3.05, 3.63) is 18.0 Å². The molecule has 3 nitrogen and oxygen atoms in total. The molecule has 1 heterocycles. The van der Waals surface area contributed by atoms with Crippen LogP contribution in [0, 0.1) is 5.92 Å². The minimum absolute atomic E-state index is 0.103. The van der Waals surface area contributed by atoms with Crippen molar-refractivity contribution in [3.8, 4) is 0 Å². The van der Waals surface area contributed by atoms with Crippen LogP contribution in [0.2, 0.25) is 0 Å². The van der Waals surface area contributed by atoms with Crippen LogP contribution in [0.5, 0.6) is 0 Å². The van der Waals surface area contributed by atoms with Crippen LogP contribution in [0.15, 0.2) is 12.3 Å². The number of nitrogens with zero attached hydrogens (tertiary/aromatic N) is 2. The number of hydrogen-bond acceptors (Lipinski definition) is 3. The van der Waals surface area contributed by atoms with Crippen LogP contribution < -0.4 is 5.73 Å². The Morgan fingerprint density at radius 2 is 2.21 bits per heavy atom. The largest absolute Gasteiger partial charge is 0.322 e. The number of hydrogen-bond donors (Lipinski definition) is 1. The highest BCUT2D eigenvalue weighted by Crippen LogP contribution is 2.16. The number of nitrogens with two attached hydrogens (primary N) is 1. The van der Waals surface area contributed by atoms with E-state index in [1.54, 1.807) is 6.20 Å². The molecule has 0 aliphatic carbocycles. The molecule has 0 saturated heterocycles. The fourth-order valence-corrected chi connectivity index (χ4v) is 2.30. The molecule has 4 heteroatoms. The van der Waals surface area contributed by atoms with E-state index in [9.17, 15) is 0 Å². The van der Waals surface area contributed by atoms with E-state index in [2.05, 4.69) is 18.9 Å². The number of rotatable bonds is 5. The average Bonchev–Trinajstić information content (AvgIpc) is 2.50. The SMILES string of the molecule is CC(C)CSCC(N)c1ccnn1C. The summed E-state index contributed by atoms with van der Waals surface area (Å²) in [6.07, 6.45) is 1.79. The lowest BCUT2D eigenvalue weighted by atomic mass is 10.2. The molecule has 0 fully saturated rings. The van der Waals surface area contributed by atoms with Gasteiger partial charge in [-0.25, -0.2) is 0 Å². The molecule has 0 aliphatic rings. The van der Waals surface area contributed by atoms with E-state index in [0.717, 1.165) is 17.4 Å². The van der Waals surface area contributed by atoms with Crippen molar-refractivity contribution < 1.29 is 0 Å². The first-order valence-electron chi connectivity index (χ1n) is 4.92. The number of aryl methyl sites for hydroxylation is 1. The molecular weight excluding hydrogens is 194 g/mol. The van der Waals surface area contributed by atoms with Gasteiger partial charge in [-0.3, -0.25) is 4.68 Å². The van der Waals surface area contributed by atoms with Crippen LogP contribution in [-0.4, -0.2) is 21.3 Å². The van der Waals surface area contributed by atoms with Crippen LogP contribution in [0.1, 0.15) is 25.6 Å². The van der Waals surface area contributed by atoms with Gasteiger partial charge in [0.2, 0.25) is 0 Å². The Labute approximate surface area is 90.1 Å². The van der Waals surface area contributed by atoms with Crippen LogP contribution >= 0.6 is 11.8 Å². The van der Waals surface area contributed by atoms with Crippen molar-refractivity contribution in [1.29, 1.82) is 0 Å². The summed E-state index contributed by atoms with van der Waals surface area (Å²) in [5, 5.41) is 4.11. The second-order valence-electron chi connectivity index (χ2n) is 3.92. The fourth-order valence-electron chi connectivity index (χ4n) is 1.26. The minimum Gasteiger partial charge on any atom is -0.322 e. The first-order chi connectivity index (χ1) is 6.61. The van der Waals surface area contributed by atoms with Gasteiger partial charge in [-0.2, -0.15) is 16.9 Å². The van der Waals surface area contributed by atoms with E-state index in [-0.39, 0.29) is 6.04 Å². The molecule has 0 amide bonds. The fraction of sp³-hybridized carbons (Fsp3) is 0.700. The highest BCUT2D eigenvalue weighted by atomic mass is 32.2. The lowest BCUT2D eigenvalue weighted by Gasteiger charge is -2.12. The third-order valence-electron chi connectivity index (χ3n) is 1.99. The minimum atomic E-state index is 0.103. The van der Waals surface area contributed by atoms with E-state index < -0.39 is 0 Å². The highest BCUT2D eigenvalue weighted by molar-refractivity contribution is 7.99. The Bertz CT molecular complexity index is 270. The Morgan fingerprint density at radius 3 is 2.71 bits per heavy atom. The second-order valence-corrected chi connectivity index (χ2v) is 4.99. The van der Waals surface area contributed by atoms with Crippen LogP contribution in [0.25, 0.3) is 0 Å². The molecule has 1 rings (SSSR count).